The molecule has 0 bridgehead atoms. The van der Waals surface area contributed by atoms with Crippen LogP contribution in [0.3, 0.4) is 0 Å². The van der Waals surface area contributed by atoms with Crippen LogP contribution in [0.25, 0.3) is 0 Å². The molecule has 0 saturated heterocycles. The van der Waals surface area contributed by atoms with E-state index in [0.717, 1.165) is 37.3 Å². The van der Waals surface area contributed by atoms with Gasteiger partial charge in [-0.2, -0.15) is 0 Å². The molecule has 3 heteroatoms. The second kappa shape index (κ2) is 7.91. The molecule has 1 aliphatic heterocycles. The van der Waals surface area contributed by atoms with Crippen molar-refractivity contribution >= 4 is 23.3 Å². The van der Waals surface area contributed by atoms with E-state index in [0.29, 0.717) is 5.92 Å². The molecule has 0 radical (unpaired) electrons. The molecule has 0 spiro atoms. The third-order valence-corrected chi connectivity index (χ3v) is 4.47. The van der Waals surface area contributed by atoms with Crippen LogP contribution in [0.2, 0.25) is 0 Å². The van der Waals surface area contributed by atoms with Crippen molar-refractivity contribution < 1.29 is 0 Å². The van der Waals surface area contributed by atoms with Crippen LogP contribution >= 0.6 is 0 Å². The van der Waals surface area contributed by atoms with Crippen LogP contribution < -0.4 is 4.90 Å². The third kappa shape index (κ3) is 4.10. The van der Waals surface area contributed by atoms with Gasteiger partial charge in [0.05, 0.1) is 11.4 Å². The van der Waals surface area contributed by atoms with E-state index in [-0.39, 0.29) is 0 Å². The van der Waals surface area contributed by atoms with Crippen LogP contribution in [0, 0.1) is 5.92 Å². The van der Waals surface area contributed by atoms with E-state index in [2.05, 4.69) is 66.3 Å². The Kier molecular flexibility index (Phi) is 5.42. The number of rotatable bonds is 6. The lowest BCUT2D eigenvalue weighted by Crippen LogP contribution is -2.20. The average Bonchev–Trinajstić information content (AvgIpc) is 2.62. The molecule has 2 aromatic carbocycles. The molecule has 2 aromatic rings. The zero-order valence-electron chi connectivity index (χ0n) is 14.5. The Bertz CT molecular complexity index is 719. The molecule has 124 valence electrons. The smallest absolute Gasteiger partial charge is 0.0665 e. The highest BCUT2D eigenvalue weighted by molar-refractivity contribution is 6.32. The van der Waals surface area contributed by atoms with Crippen molar-refractivity contribution in [2.75, 3.05) is 25.0 Å². The number of benzene rings is 2. The lowest BCUT2D eigenvalue weighted by atomic mass is 9.93. The zero-order valence-corrected chi connectivity index (χ0v) is 14.5. The second-order valence-electron chi connectivity index (χ2n) is 6.42. The van der Waals surface area contributed by atoms with Gasteiger partial charge in [-0.25, -0.2) is 0 Å². The van der Waals surface area contributed by atoms with Crippen LogP contribution in [0.1, 0.15) is 18.9 Å². The lowest BCUT2D eigenvalue weighted by Gasteiger charge is -2.19. The topological polar surface area (TPSA) is 28.0 Å². The summed E-state index contributed by atoms with van der Waals surface area (Å²) in [6.07, 6.45) is 4.07. The maximum Gasteiger partial charge on any atom is 0.0665 e. The van der Waals surface area contributed by atoms with Gasteiger partial charge in [0.15, 0.2) is 0 Å². The van der Waals surface area contributed by atoms with Gasteiger partial charge in [0.2, 0.25) is 0 Å². The highest BCUT2D eigenvalue weighted by atomic mass is 15.1. The summed E-state index contributed by atoms with van der Waals surface area (Å²) in [6, 6.07) is 18.9. The van der Waals surface area contributed by atoms with Crippen molar-refractivity contribution in [3.8, 4) is 0 Å². The molecule has 0 N–H and O–H groups in total. The van der Waals surface area contributed by atoms with E-state index >= 15 is 0 Å². The summed E-state index contributed by atoms with van der Waals surface area (Å²) in [4.78, 5) is 11.6. The fraction of sp³-hybridized carbons (Fsp3) is 0.333. The summed E-state index contributed by atoms with van der Waals surface area (Å²) in [5.74, 6) is 0.440. The lowest BCUT2D eigenvalue weighted by molar-refractivity contribution is 0.760. The van der Waals surface area contributed by atoms with Crippen molar-refractivity contribution in [3.05, 3.63) is 60.2 Å². The summed E-state index contributed by atoms with van der Waals surface area (Å²) < 4.78 is 0. The first-order chi connectivity index (χ1) is 11.7. The third-order valence-electron chi connectivity index (χ3n) is 4.47. The van der Waals surface area contributed by atoms with Crippen molar-refractivity contribution in [2.24, 2.45) is 15.9 Å². The Balaban J connectivity index is 1.51. The Morgan fingerprint density at radius 3 is 2.71 bits per heavy atom. The van der Waals surface area contributed by atoms with Gasteiger partial charge >= 0.3 is 0 Å². The van der Waals surface area contributed by atoms with Gasteiger partial charge in [0.1, 0.15) is 0 Å². The van der Waals surface area contributed by atoms with Crippen molar-refractivity contribution in [1.82, 2.24) is 0 Å². The summed E-state index contributed by atoms with van der Waals surface area (Å²) in [5, 5.41) is 0. The van der Waals surface area contributed by atoms with Crippen LogP contribution in [-0.2, 0) is 6.42 Å². The monoisotopic (exact) mass is 319 g/mol. The molecular formula is C21H25N3. The summed E-state index contributed by atoms with van der Waals surface area (Å²) >= 11 is 0. The van der Waals surface area contributed by atoms with Crippen molar-refractivity contribution in [1.29, 1.82) is 0 Å². The van der Waals surface area contributed by atoms with Crippen molar-refractivity contribution in [3.63, 3.8) is 0 Å². The number of aliphatic imine (C=N–C) groups is 2. The Hall–Kier alpha value is -2.42. The molecule has 0 aliphatic carbocycles. The fourth-order valence-corrected chi connectivity index (χ4v) is 3.00. The Labute approximate surface area is 144 Å². The standard InChI is InChI=1S/C21H25N3/c1-17-15-18-9-6-7-12-20(18)23-21(17)16-22-13-8-14-24(2)19-10-4-3-5-11-19/h3-7,9-12,16-17H,8,13-15H2,1-2H3/t17-/m1/s1. The maximum atomic E-state index is 4.76. The van der Waals surface area contributed by atoms with Gasteiger partial charge in [-0.3, -0.25) is 9.98 Å². The van der Waals surface area contributed by atoms with E-state index in [4.69, 9.17) is 4.99 Å². The number of hydrogen-bond acceptors (Lipinski definition) is 3. The molecule has 3 rings (SSSR count). The van der Waals surface area contributed by atoms with Gasteiger partial charge in [-0.05, 0) is 36.6 Å². The van der Waals surface area contributed by atoms with Crippen molar-refractivity contribution in [2.45, 2.75) is 19.8 Å². The number of nitrogens with zero attached hydrogens (tertiary/aromatic N) is 3. The number of para-hydroxylation sites is 2. The summed E-state index contributed by atoms with van der Waals surface area (Å²) in [6.45, 7) is 4.07. The zero-order chi connectivity index (χ0) is 16.8. The summed E-state index contributed by atoms with van der Waals surface area (Å²) in [5.41, 5.74) is 4.79. The molecular weight excluding hydrogens is 294 g/mol. The minimum absolute atomic E-state index is 0.440. The number of fused-ring (bicyclic) bond motifs is 1. The quantitative estimate of drug-likeness (QED) is 0.567. The SMILES string of the molecule is C[C@@H]1Cc2ccccc2N=C1C=NCCCN(C)c1ccccc1. The highest BCUT2D eigenvalue weighted by Gasteiger charge is 2.17. The molecule has 3 nitrogen and oxygen atoms in total. The normalized spacial score (nSPS) is 16.8. The first kappa shape index (κ1) is 16.4. The van der Waals surface area contributed by atoms with Crippen LogP contribution in [0.5, 0.6) is 0 Å². The first-order valence-corrected chi connectivity index (χ1v) is 8.66. The molecule has 24 heavy (non-hydrogen) atoms. The minimum atomic E-state index is 0.440. The maximum absolute atomic E-state index is 4.76. The predicted molar refractivity (Wildman–Crippen MR) is 104 cm³/mol. The van der Waals surface area contributed by atoms with E-state index in [9.17, 15) is 0 Å². The molecule has 1 atom stereocenters. The number of hydrogen-bond donors (Lipinski definition) is 0. The van der Waals surface area contributed by atoms with Gasteiger partial charge in [-0.1, -0.05) is 43.3 Å². The number of anilines is 1. The highest BCUT2D eigenvalue weighted by Crippen LogP contribution is 2.27. The van der Waals surface area contributed by atoms with Gasteiger partial charge < -0.3 is 4.90 Å². The average molecular weight is 319 g/mol. The molecule has 0 amide bonds. The van der Waals surface area contributed by atoms with Gasteiger partial charge in [0.25, 0.3) is 0 Å². The van der Waals surface area contributed by atoms with E-state index in [1.54, 1.807) is 0 Å². The summed E-state index contributed by atoms with van der Waals surface area (Å²) in [7, 11) is 2.13. The molecule has 0 saturated carbocycles. The molecule has 1 heterocycles. The van der Waals surface area contributed by atoms with Crippen LogP contribution in [-0.4, -0.2) is 32.1 Å². The second-order valence-corrected chi connectivity index (χ2v) is 6.42. The molecule has 1 aliphatic rings. The first-order valence-electron chi connectivity index (χ1n) is 8.66. The van der Waals surface area contributed by atoms with E-state index in [1.165, 1.54) is 11.3 Å². The van der Waals surface area contributed by atoms with Crippen LogP contribution in [0.15, 0.2) is 64.6 Å². The fourth-order valence-electron chi connectivity index (χ4n) is 3.00. The van der Waals surface area contributed by atoms with E-state index in [1.807, 2.05) is 18.3 Å². The van der Waals surface area contributed by atoms with E-state index < -0.39 is 0 Å². The predicted octanol–water partition coefficient (Wildman–Crippen LogP) is 4.55. The van der Waals surface area contributed by atoms with Crippen LogP contribution in [0.4, 0.5) is 11.4 Å². The molecule has 0 unspecified atom stereocenters. The Morgan fingerprint density at radius 1 is 1.12 bits per heavy atom. The van der Waals surface area contributed by atoms with Gasteiger partial charge in [0, 0.05) is 38.0 Å². The molecule has 0 fully saturated rings. The molecule has 0 aromatic heterocycles. The minimum Gasteiger partial charge on any atom is -0.375 e. The Morgan fingerprint density at radius 2 is 1.88 bits per heavy atom. The van der Waals surface area contributed by atoms with Gasteiger partial charge in [-0.15, -0.1) is 0 Å². The largest absolute Gasteiger partial charge is 0.375 e.